The molecule has 1 heterocycles. The number of fused-ring (bicyclic) bond motifs is 1. The van der Waals surface area contributed by atoms with Crippen molar-refractivity contribution < 1.29 is 9.84 Å². The van der Waals surface area contributed by atoms with E-state index in [4.69, 9.17) is 10.5 Å². The number of anilines is 1. The molecule has 0 aliphatic heterocycles. The molecule has 0 saturated carbocycles. The summed E-state index contributed by atoms with van der Waals surface area (Å²) in [6.07, 6.45) is 0. The largest absolute Gasteiger partial charge is 0.504 e. The van der Waals surface area contributed by atoms with E-state index in [9.17, 15) is 5.11 Å². The average Bonchev–Trinajstić information content (AvgIpc) is 2.85. The highest BCUT2D eigenvalue weighted by Gasteiger charge is 2.10. The van der Waals surface area contributed by atoms with Crippen LogP contribution in [-0.4, -0.2) is 9.67 Å². The maximum atomic E-state index is 9.75. The minimum absolute atomic E-state index is 0.149. The van der Waals surface area contributed by atoms with Crippen LogP contribution in [0.5, 0.6) is 11.5 Å². The van der Waals surface area contributed by atoms with Crippen molar-refractivity contribution in [2.75, 3.05) is 5.73 Å². The fourth-order valence-corrected chi connectivity index (χ4v) is 2.59. The number of ether oxygens (including phenoxy) is 1. The van der Waals surface area contributed by atoms with Gasteiger partial charge in [0.2, 0.25) is 0 Å². The predicted octanol–water partition coefficient (Wildman–Crippen LogP) is 3.53. The van der Waals surface area contributed by atoms with Gasteiger partial charge in [-0.25, -0.2) is 0 Å². The third kappa shape index (κ3) is 2.40. The summed E-state index contributed by atoms with van der Waals surface area (Å²) in [4.78, 5) is 0. The molecule has 0 atom stereocenters. The number of aromatic hydroxyl groups is 1. The first-order valence-corrected chi connectivity index (χ1v) is 6.98. The molecule has 4 nitrogen and oxygen atoms in total. The number of phenolic OH excluding ortho intramolecular Hbond substituents is 1. The molecule has 108 valence electrons. The van der Waals surface area contributed by atoms with Gasteiger partial charge >= 0.3 is 0 Å². The zero-order valence-corrected chi connectivity index (χ0v) is 11.9. The monoisotopic (exact) mass is 282 g/mol. The highest BCUT2D eigenvalue weighted by atomic mass is 16.5. The summed E-state index contributed by atoms with van der Waals surface area (Å²) in [5, 5.41) is 10.8. The Bertz CT molecular complexity index is 778. The molecule has 3 N–H and O–H groups in total. The summed E-state index contributed by atoms with van der Waals surface area (Å²) >= 11 is 0. The van der Waals surface area contributed by atoms with Crippen molar-refractivity contribution in [1.29, 1.82) is 0 Å². The van der Waals surface area contributed by atoms with E-state index in [2.05, 4.69) is 17.6 Å². The van der Waals surface area contributed by atoms with E-state index < -0.39 is 0 Å². The number of hydrogen-bond acceptors (Lipinski definition) is 3. The lowest BCUT2D eigenvalue weighted by atomic mass is 10.2. The van der Waals surface area contributed by atoms with Gasteiger partial charge in [0.15, 0.2) is 11.5 Å². The van der Waals surface area contributed by atoms with Gasteiger partial charge in [0.25, 0.3) is 0 Å². The Morgan fingerprint density at radius 1 is 1.14 bits per heavy atom. The molecular weight excluding hydrogens is 264 g/mol. The van der Waals surface area contributed by atoms with Gasteiger partial charge in [-0.3, -0.25) is 0 Å². The Labute approximate surface area is 123 Å². The molecule has 0 bridgehead atoms. The molecule has 2 aromatic carbocycles. The Balaban J connectivity index is 1.94. The zero-order valence-electron chi connectivity index (χ0n) is 11.9. The first-order chi connectivity index (χ1) is 10.2. The van der Waals surface area contributed by atoms with E-state index in [1.807, 2.05) is 24.3 Å². The van der Waals surface area contributed by atoms with E-state index in [0.717, 1.165) is 28.8 Å². The highest BCUT2D eigenvalue weighted by molar-refractivity contribution is 5.92. The molecule has 3 rings (SSSR count). The van der Waals surface area contributed by atoms with E-state index >= 15 is 0 Å². The van der Waals surface area contributed by atoms with Crippen molar-refractivity contribution in [2.24, 2.45) is 0 Å². The van der Waals surface area contributed by atoms with Gasteiger partial charge in [0.1, 0.15) is 6.61 Å². The maximum absolute atomic E-state index is 9.75. The summed E-state index contributed by atoms with van der Waals surface area (Å²) in [6.45, 7) is 3.32. The van der Waals surface area contributed by atoms with Gasteiger partial charge in [-0.05, 0) is 37.3 Å². The predicted molar refractivity (Wildman–Crippen MR) is 84.5 cm³/mol. The standard InChI is InChI=1S/C17H18N2O2/c1-2-19-12(10-13-14(18)6-5-7-15(13)19)11-21-17-9-4-3-8-16(17)20/h3-10,20H,2,11,18H2,1H3. The van der Waals surface area contributed by atoms with Crippen molar-refractivity contribution in [3.05, 3.63) is 54.2 Å². The fraction of sp³-hybridized carbons (Fsp3) is 0.176. The van der Waals surface area contributed by atoms with Crippen LogP contribution in [0.3, 0.4) is 0 Å². The van der Waals surface area contributed by atoms with Crippen molar-refractivity contribution in [2.45, 2.75) is 20.1 Å². The second kappa shape index (κ2) is 5.40. The molecule has 21 heavy (non-hydrogen) atoms. The number of nitrogens with zero attached hydrogens (tertiary/aromatic N) is 1. The summed E-state index contributed by atoms with van der Waals surface area (Å²) in [5.41, 5.74) is 8.94. The normalized spacial score (nSPS) is 10.9. The van der Waals surface area contributed by atoms with Crippen LogP contribution >= 0.6 is 0 Å². The quantitative estimate of drug-likeness (QED) is 0.720. The second-order valence-electron chi connectivity index (χ2n) is 4.92. The van der Waals surface area contributed by atoms with Gasteiger partial charge in [-0.2, -0.15) is 0 Å². The van der Waals surface area contributed by atoms with E-state index in [1.54, 1.807) is 18.2 Å². The number of benzene rings is 2. The first kappa shape index (κ1) is 13.4. The third-order valence-electron chi connectivity index (χ3n) is 3.62. The van der Waals surface area contributed by atoms with Crippen molar-refractivity contribution in [3.63, 3.8) is 0 Å². The number of aromatic nitrogens is 1. The van der Waals surface area contributed by atoms with Crippen LogP contribution < -0.4 is 10.5 Å². The van der Waals surface area contributed by atoms with Gasteiger partial charge < -0.3 is 20.1 Å². The van der Waals surface area contributed by atoms with Gasteiger partial charge in [-0.15, -0.1) is 0 Å². The highest BCUT2D eigenvalue weighted by Crippen LogP contribution is 2.28. The summed E-state index contributed by atoms with van der Waals surface area (Å²) in [5.74, 6) is 0.634. The maximum Gasteiger partial charge on any atom is 0.161 e. The smallest absolute Gasteiger partial charge is 0.161 e. The molecule has 0 saturated heterocycles. The number of aryl methyl sites for hydroxylation is 1. The SMILES string of the molecule is CCn1c(COc2ccccc2O)cc2c(N)cccc21. The molecule has 0 fully saturated rings. The summed E-state index contributed by atoms with van der Waals surface area (Å²) in [6, 6.07) is 14.9. The molecule has 0 amide bonds. The minimum atomic E-state index is 0.149. The lowest BCUT2D eigenvalue weighted by Gasteiger charge is -2.10. The van der Waals surface area contributed by atoms with Crippen LogP contribution in [0, 0.1) is 0 Å². The zero-order chi connectivity index (χ0) is 14.8. The van der Waals surface area contributed by atoms with Crippen LogP contribution in [-0.2, 0) is 13.2 Å². The van der Waals surface area contributed by atoms with E-state index in [-0.39, 0.29) is 5.75 Å². The molecule has 0 radical (unpaired) electrons. The fourth-order valence-electron chi connectivity index (χ4n) is 2.59. The Morgan fingerprint density at radius 3 is 2.71 bits per heavy atom. The van der Waals surface area contributed by atoms with Crippen molar-refractivity contribution in [1.82, 2.24) is 4.57 Å². The molecule has 3 aromatic rings. The van der Waals surface area contributed by atoms with E-state index in [1.165, 1.54) is 0 Å². The molecule has 1 aromatic heterocycles. The third-order valence-corrected chi connectivity index (χ3v) is 3.62. The molecule has 0 unspecified atom stereocenters. The van der Waals surface area contributed by atoms with Crippen LogP contribution in [0.2, 0.25) is 0 Å². The number of nitrogens with two attached hydrogens (primary N) is 1. The average molecular weight is 282 g/mol. The van der Waals surface area contributed by atoms with Gasteiger partial charge in [-0.1, -0.05) is 18.2 Å². The Kier molecular flexibility index (Phi) is 3.44. The van der Waals surface area contributed by atoms with Crippen LogP contribution in [0.4, 0.5) is 5.69 Å². The minimum Gasteiger partial charge on any atom is -0.504 e. The molecule has 0 aliphatic rings. The number of phenols is 1. The van der Waals surface area contributed by atoms with Crippen molar-refractivity contribution in [3.8, 4) is 11.5 Å². The summed E-state index contributed by atoms with van der Waals surface area (Å²) < 4.78 is 7.90. The van der Waals surface area contributed by atoms with Crippen molar-refractivity contribution >= 4 is 16.6 Å². The van der Waals surface area contributed by atoms with Crippen LogP contribution in [0.25, 0.3) is 10.9 Å². The van der Waals surface area contributed by atoms with Gasteiger partial charge in [0, 0.05) is 17.6 Å². The van der Waals surface area contributed by atoms with Crippen LogP contribution in [0.1, 0.15) is 12.6 Å². The lowest BCUT2D eigenvalue weighted by molar-refractivity contribution is 0.280. The summed E-state index contributed by atoms with van der Waals surface area (Å²) in [7, 11) is 0. The van der Waals surface area contributed by atoms with Crippen LogP contribution in [0.15, 0.2) is 48.5 Å². The number of para-hydroxylation sites is 2. The molecule has 4 heteroatoms. The van der Waals surface area contributed by atoms with Gasteiger partial charge in [0.05, 0.1) is 11.2 Å². The molecular formula is C17H18N2O2. The lowest BCUT2D eigenvalue weighted by Crippen LogP contribution is -2.04. The Hall–Kier alpha value is -2.62. The number of rotatable bonds is 4. The van der Waals surface area contributed by atoms with E-state index in [0.29, 0.717) is 12.4 Å². The Morgan fingerprint density at radius 2 is 1.95 bits per heavy atom. The number of hydrogen-bond donors (Lipinski definition) is 2. The second-order valence-corrected chi connectivity index (χ2v) is 4.92. The topological polar surface area (TPSA) is 60.4 Å². The first-order valence-electron chi connectivity index (χ1n) is 6.98. The molecule has 0 spiro atoms. The number of nitrogen functional groups attached to an aromatic ring is 1. The molecule has 0 aliphatic carbocycles.